The Hall–Kier alpha value is -0.670. The van der Waals surface area contributed by atoms with Crippen LogP contribution in [-0.2, 0) is 6.42 Å². The Morgan fingerprint density at radius 1 is 1.22 bits per heavy atom. The molecule has 0 aromatic heterocycles. The van der Waals surface area contributed by atoms with E-state index in [9.17, 15) is 0 Å². The highest BCUT2D eigenvalue weighted by atomic mass is 32.2. The molecular weight excluding hydrogens is 242 g/mol. The molecule has 1 unspecified atom stereocenters. The van der Waals surface area contributed by atoms with Crippen molar-refractivity contribution in [3.05, 3.63) is 29.8 Å². The molecule has 0 aliphatic carbocycles. The van der Waals surface area contributed by atoms with Crippen LogP contribution in [0, 0.1) is 0 Å². The van der Waals surface area contributed by atoms with Gasteiger partial charge >= 0.3 is 0 Å². The number of rotatable bonds is 8. The maximum Gasteiger partial charge on any atom is 0.118 e. The standard InChI is InChI=1S/C15H25NOS/c1-12(2)18-11-14(16-3)8-5-13-6-9-15(17-4)10-7-13/h6-7,9-10,12,14,16H,5,8,11H2,1-4H3. The smallest absolute Gasteiger partial charge is 0.118 e. The van der Waals surface area contributed by atoms with Crippen LogP contribution < -0.4 is 10.1 Å². The van der Waals surface area contributed by atoms with E-state index >= 15 is 0 Å². The Morgan fingerprint density at radius 2 is 1.89 bits per heavy atom. The van der Waals surface area contributed by atoms with Crippen LogP contribution in [0.1, 0.15) is 25.8 Å². The van der Waals surface area contributed by atoms with Gasteiger partial charge in [0.1, 0.15) is 5.75 Å². The number of thioether (sulfide) groups is 1. The lowest BCUT2D eigenvalue weighted by atomic mass is 10.1. The molecule has 3 heteroatoms. The van der Waals surface area contributed by atoms with Gasteiger partial charge in [0.25, 0.3) is 0 Å². The molecule has 18 heavy (non-hydrogen) atoms. The van der Waals surface area contributed by atoms with Crippen molar-refractivity contribution in [2.45, 2.75) is 38.0 Å². The van der Waals surface area contributed by atoms with E-state index in [1.165, 1.54) is 17.7 Å². The van der Waals surface area contributed by atoms with Crippen molar-refractivity contribution in [1.82, 2.24) is 5.32 Å². The van der Waals surface area contributed by atoms with Crippen molar-refractivity contribution in [2.24, 2.45) is 0 Å². The van der Waals surface area contributed by atoms with Gasteiger partial charge in [-0.1, -0.05) is 26.0 Å². The number of methoxy groups -OCH3 is 1. The highest BCUT2D eigenvalue weighted by molar-refractivity contribution is 7.99. The summed E-state index contributed by atoms with van der Waals surface area (Å²) in [4.78, 5) is 0. The molecular formula is C15H25NOS. The maximum absolute atomic E-state index is 5.17. The SMILES string of the molecule is CNC(CCc1ccc(OC)cc1)CSC(C)C. The lowest BCUT2D eigenvalue weighted by Gasteiger charge is -2.17. The number of benzene rings is 1. The Bertz CT molecular complexity index is 324. The molecule has 1 N–H and O–H groups in total. The molecule has 1 aromatic rings. The zero-order chi connectivity index (χ0) is 13.4. The molecule has 0 aliphatic rings. The molecule has 0 fully saturated rings. The fraction of sp³-hybridized carbons (Fsp3) is 0.600. The highest BCUT2D eigenvalue weighted by Crippen LogP contribution is 2.16. The summed E-state index contributed by atoms with van der Waals surface area (Å²) in [5, 5.41) is 4.11. The summed E-state index contributed by atoms with van der Waals surface area (Å²) in [5.74, 6) is 2.11. The fourth-order valence-electron chi connectivity index (χ4n) is 1.75. The molecule has 0 heterocycles. The fourth-order valence-corrected chi connectivity index (χ4v) is 2.70. The molecule has 0 spiro atoms. The van der Waals surface area contributed by atoms with Crippen LogP contribution in [0.2, 0.25) is 0 Å². The van der Waals surface area contributed by atoms with Gasteiger partial charge in [-0.15, -0.1) is 0 Å². The molecule has 1 aromatic carbocycles. The third-order valence-corrected chi connectivity index (χ3v) is 4.24. The van der Waals surface area contributed by atoms with Crippen molar-refractivity contribution in [2.75, 3.05) is 19.9 Å². The second-order valence-electron chi connectivity index (χ2n) is 4.75. The molecule has 0 saturated carbocycles. The normalized spacial score (nSPS) is 12.7. The molecule has 102 valence electrons. The van der Waals surface area contributed by atoms with Crippen LogP contribution >= 0.6 is 11.8 Å². The predicted octanol–water partition coefficient (Wildman–Crippen LogP) is 3.36. The van der Waals surface area contributed by atoms with Crippen molar-refractivity contribution in [3.8, 4) is 5.75 Å². The van der Waals surface area contributed by atoms with Gasteiger partial charge in [-0.2, -0.15) is 11.8 Å². The molecule has 0 bridgehead atoms. The van der Waals surface area contributed by atoms with Crippen LogP contribution in [0.15, 0.2) is 24.3 Å². The third kappa shape index (κ3) is 5.78. The second kappa shape index (κ2) is 8.44. The summed E-state index contributed by atoms with van der Waals surface area (Å²) < 4.78 is 5.17. The van der Waals surface area contributed by atoms with Gasteiger partial charge in [0.15, 0.2) is 0 Å². The Kier molecular flexibility index (Phi) is 7.21. The second-order valence-corrected chi connectivity index (χ2v) is 6.36. The molecule has 1 rings (SSSR count). The van der Waals surface area contributed by atoms with Gasteiger partial charge in [-0.05, 0) is 42.8 Å². The average molecular weight is 267 g/mol. The topological polar surface area (TPSA) is 21.3 Å². The van der Waals surface area contributed by atoms with Crippen molar-refractivity contribution >= 4 is 11.8 Å². The first-order chi connectivity index (χ1) is 8.65. The minimum absolute atomic E-state index is 0.597. The van der Waals surface area contributed by atoms with E-state index in [0.717, 1.165) is 12.2 Å². The Labute approximate surface area is 116 Å². The van der Waals surface area contributed by atoms with E-state index in [1.807, 2.05) is 23.9 Å². The molecule has 0 aliphatic heterocycles. The van der Waals surface area contributed by atoms with E-state index < -0.39 is 0 Å². The molecule has 0 amide bonds. The number of hydrogen-bond donors (Lipinski definition) is 1. The predicted molar refractivity (Wildman–Crippen MR) is 81.8 cm³/mol. The lowest BCUT2D eigenvalue weighted by molar-refractivity contribution is 0.414. The lowest BCUT2D eigenvalue weighted by Crippen LogP contribution is -2.28. The van der Waals surface area contributed by atoms with E-state index in [2.05, 4.69) is 38.3 Å². The zero-order valence-electron chi connectivity index (χ0n) is 11.9. The first-order valence-electron chi connectivity index (χ1n) is 6.57. The highest BCUT2D eigenvalue weighted by Gasteiger charge is 2.07. The van der Waals surface area contributed by atoms with Crippen molar-refractivity contribution in [1.29, 1.82) is 0 Å². The van der Waals surface area contributed by atoms with E-state index in [-0.39, 0.29) is 0 Å². The van der Waals surface area contributed by atoms with Crippen molar-refractivity contribution in [3.63, 3.8) is 0 Å². The van der Waals surface area contributed by atoms with Crippen LogP contribution in [0.4, 0.5) is 0 Å². The van der Waals surface area contributed by atoms with Crippen molar-refractivity contribution < 1.29 is 4.74 Å². The first-order valence-corrected chi connectivity index (χ1v) is 7.62. The monoisotopic (exact) mass is 267 g/mol. The zero-order valence-corrected chi connectivity index (χ0v) is 12.7. The van der Waals surface area contributed by atoms with Gasteiger partial charge in [0.2, 0.25) is 0 Å². The number of ether oxygens (including phenoxy) is 1. The van der Waals surface area contributed by atoms with Crippen LogP contribution in [0.5, 0.6) is 5.75 Å². The summed E-state index contributed by atoms with van der Waals surface area (Å²) in [6, 6.07) is 8.97. The number of hydrogen-bond acceptors (Lipinski definition) is 3. The maximum atomic E-state index is 5.17. The van der Waals surface area contributed by atoms with Gasteiger partial charge in [-0.25, -0.2) is 0 Å². The minimum atomic E-state index is 0.597. The molecule has 1 atom stereocenters. The average Bonchev–Trinajstić information content (AvgIpc) is 2.39. The van der Waals surface area contributed by atoms with Crippen LogP contribution in [0.3, 0.4) is 0 Å². The number of aryl methyl sites for hydroxylation is 1. The quantitative estimate of drug-likeness (QED) is 0.780. The van der Waals surface area contributed by atoms with Gasteiger partial charge in [-0.3, -0.25) is 0 Å². The Balaban J connectivity index is 2.36. The van der Waals surface area contributed by atoms with E-state index in [1.54, 1.807) is 7.11 Å². The summed E-state index contributed by atoms with van der Waals surface area (Å²) in [6.45, 7) is 4.50. The van der Waals surface area contributed by atoms with Gasteiger partial charge in [0.05, 0.1) is 7.11 Å². The first kappa shape index (κ1) is 15.4. The molecule has 2 nitrogen and oxygen atoms in total. The van der Waals surface area contributed by atoms with Gasteiger partial charge < -0.3 is 10.1 Å². The van der Waals surface area contributed by atoms with E-state index in [0.29, 0.717) is 11.3 Å². The third-order valence-electron chi connectivity index (χ3n) is 2.98. The summed E-state index contributed by atoms with van der Waals surface area (Å²) in [6.07, 6.45) is 2.30. The summed E-state index contributed by atoms with van der Waals surface area (Å²) in [7, 11) is 3.76. The van der Waals surface area contributed by atoms with E-state index in [4.69, 9.17) is 4.74 Å². The summed E-state index contributed by atoms with van der Waals surface area (Å²) >= 11 is 2.02. The largest absolute Gasteiger partial charge is 0.497 e. The van der Waals surface area contributed by atoms with Crippen LogP contribution in [-0.4, -0.2) is 31.2 Å². The number of nitrogens with one attached hydrogen (secondary N) is 1. The molecule has 0 saturated heterocycles. The van der Waals surface area contributed by atoms with Crippen LogP contribution in [0.25, 0.3) is 0 Å². The Morgan fingerprint density at radius 3 is 2.39 bits per heavy atom. The van der Waals surface area contributed by atoms with Gasteiger partial charge in [0, 0.05) is 11.8 Å². The molecule has 0 radical (unpaired) electrons. The minimum Gasteiger partial charge on any atom is -0.497 e. The summed E-state index contributed by atoms with van der Waals surface area (Å²) in [5.41, 5.74) is 1.38.